The standard InChI is InChI=1S/C36H45S.CHF3O3S/c1-4-10-28(11-5-1)31-16-22-34(23-17-31)37(35-24-18-32(19-25-35)29-12-6-2-7-13-29)36-26-20-33(21-27-36)30-14-8-3-9-15-30;2-1(3,4)8(5,6)7/h16-30H,1-15H2;(H,5,6,7)/q+1;/p-1. The van der Waals surface area contributed by atoms with Crippen molar-refractivity contribution in [1.29, 1.82) is 0 Å². The highest BCUT2D eigenvalue weighted by atomic mass is 32.2. The van der Waals surface area contributed by atoms with Crippen LogP contribution in [0.4, 0.5) is 13.2 Å². The van der Waals surface area contributed by atoms with Gasteiger partial charge in [0.15, 0.2) is 24.8 Å². The van der Waals surface area contributed by atoms with Crippen molar-refractivity contribution in [2.24, 2.45) is 0 Å². The van der Waals surface area contributed by atoms with E-state index in [1.54, 1.807) is 16.7 Å². The highest BCUT2D eigenvalue weighted by Crippen LogP contribution is 2.39. The van der Waals surface area contributed by atoms with Gasteiger partial charge >= 0.3 is 5.51 Å². The topological polar surface area (TPSA) is 57.2 Å². The van der Waals surface area contributed by atoms with Crippen LogP contribution in [-0.4, -0.2) is 18.5 Å². The fraction of sp³-hybridized carbons (Fsp3) is 0.514. The normalized spacial score (nSPS) is 19.2. The van der Waals surface area contributed by atoms with Gasteiger partial charge in [0.05, 0.1) is 10.9 Å². The molecule has 6 rings (SSSR count). The third kappa shape index (κ3) is 9.17. The fourth-order valence-corrected chi connectivity index (χ4v) is 9.39. The van der Waals surface area contributed by atoms with Gasteiger partial charge in [-0.05, 0) is 109 Å². The van der Waals surface area contributed by atoms with Crippen LogP contribution in [0.3, 0.4) is 0 Å². The second-order valence-corrected chi connectivity index (χ2v) is 16.3. The summed E-state index contributed by atoms with van der Waals surface area (Å²) >= 11 is 0. The van der Waals surface area contributed by atoms with Gasteiger partial charge in [-0.2, -0.15) is 13.2 Å². The Kier molecular flexibility index (Phi) is 11.8. The molecule has 0 bridgehead atoms. The molecule has 244 valence electrons. The summed E-state index contributed by atoms with van der Waals surface area (Å²) in [6.45, 7) is 0. The predicted octanol–water partition coefficient (Wildman–Crippen LogP) is 11.0. The lowest BCUT2D eigenvalue weighted by Gasteiger charge is -2.23. The van der Waals surface area contributed by atoms with E-state index in [0.29, 0.717) is 0 Å². The van der Waals surface area contributed by atoms with Gasteiger partial charge in [-0.25, -0.2) is 8.42 Å². The number of hydrogen-bond donors (Lipinski definition) is 0. The number of hydrogen-bond acceptors (Lipinski definition) is 3. The van der Waals surface area contributed by atoms with E-state index in [4.69, 9.17) is 13.0 Å². The Balaban J connectivity index is 0.000000444. The molecule has 3 aliphatic rings. The fourth-order valence-electron chi connectivity index (χ4n) is 7.34. The lowest BCUT2D eigenvalue weighted by molar-refractivity contribution is -0.0517. The van der Waals surface area contributed by atoms with Crippen molar-refractivity contribution in [2.45, 2.75) is 134 Å². The van der Waals surface area contributed by atoms with Crippen molar-refractivity contribution in [3.05, 3.63) is 89.5 Å². The van der Waals surface area contributed by atoms with Gasteiger partial charge in [0.1, 0.15) is 0 Å². The first-order valence-electron chi connectivity index (χ1n) is 16.7. The average Bonchev–Trinajstić information content (AvgIpc) is 3.06. The largest absolute Gasteiger partial charge is 0.741 e. The van der Waals surface area contributed by atoms with Crippen LogP contribution in [0.2, 0.25) is 0 Å². The molecule has 0 aliphatic heterocycles. The van der Waals surface area contributed by atoms with E-state index in [1.807, 2.05) is 0 Å². The second kappa shape index (κ2) is 15.5. The summed E-state index contributed by atoms with van der Waals surface area (Å²) in [6.07, 6.45) is 20.9. The molecule has 45 heavy (non-hydrogen) atoms. The van der Waals surface area contributed by atoms with Crippen LogP contribution in [0, 0.1) is 0 Å². The summed E-state index contributed by atoms with van der Waals surface area (Å²) in [4.78, 5) is 4.40. The van der Waals surface area contributed by atoms with E-state index in [-0.39, 0.29) is 10.9 Å². The molecule has 3 aromatic carbocycles. The third-order valence-electron chi connectivity index (χ3n) is 9.86. The highest BCUT2D eigenvalue weighted by Gasteiger charge is 2.37. The Morgan fingerprint density at radius 3 is 0.911 bits per heavy atom. The molecule has 3 aliphatic carbocycles. The first kappa shape index (κ1) is 34.1. The van der Waals surface area contributed by atoms with E-state index < -0.39 is 15.6 Å². The van der Waals surface area contributed by atoms with Gasteiger partial charge in [0.25, 0.3) is 0 Å². The van der Waals surface area contributed by atoms with E-state index in [2.05, 4.69) is 72.8 Å². The predicted molar refractivity (Wildman–Crippen MR) is 175 cm³/mol. The minimum atomic E-state index is -6.09. The molecule has 0 N–H and O–H groups in total. The molecular weight excluding hydrogens is 614 g/mol. The Bertz CT molecular complexity index is 1290. The summed E-state index contributed by atoms with van der Waals surface area (Å²) in [6, 6.07) is 29.5. The van der Waals surface area contributed by atoms with Gasteiger partial charge in [-0.3, -0.25) is 0 Å². The summed E-state index contributed by atoms with van der Waals surface area (Å²) in [5, 5.41) is 0. The average molecular weight is 659 g/mol. The molecule has 0 unspecified atom stereocenters. The van der Waals surface area contributed by atoms with Crippen molar-refractivity contribution in [3.8, 4) is 0 Å². The number of benzene rings is 3. The minimum Gasteiger partial charge on any atom is -0.741 e. The SMILES string of the molecule is O=S(=O)([O-])C(F)(F)F.c1cc([S+](c2ccc(C3CCCCC3)cc2)c2ccc(C3CCCCC3)cc2)ccc1C1CCCCC1. The van der Waals surface area contributed by atoms with Crippen molar-refractivity contribution in [2.75, 3.05) is 0 Å². The molecule has 8 heteroatoms. The lowest BCUT2D eigenvalue weighted by atomic mass is 9.84. The van der Waals surface area contributed by atoms with E-state index in [9.17, 15) is 13.2 Å². The van der Waals surface area contributed by atoms with Crippen LogP contribution < -0.4 is 0 Å². The van der Waals surface area contributed by atoms with Gasteiger partial charge in [-0.1, -0.05) is 94.2 Å². The Morgan fingerprint density at radius 2 is 0.711 bits per heavy atom. The lowest BCUT2D eigenvalue weighted by Crippen LogP contribution is -2.21. The van der Waals surface area contributed by atoms with Crippen LogP contribution in [0.25, 0.3) is 0 Å². The highest BCUT2D eigenvalue weighted by molar-refractivity contribution is 7.97. The zero-order valence-electron chi connectivity index (χ0n) is 25.9. The maximum absolute atomic E-state index is 10.7. The quantitative estimate of drug-likeness (QED) is 0.150. The van der Waals surface area contributed by atoms with E-state index in [0.717, 1.165) is 17.8 Å². The zero-order chi connectivity index (χ0) is 31.9. The third-order valence-corrected chi connectivity index (χ3v) is 12.7. The maximum Gasteiger partial charge on any atom is 0.485 e. The number of rotatable bonds is 6. The van der Waals surface area contributed by atoms with Crippen LogP contribution in [-0.2, 0) is 21.0 Å². The second-order valence-electron chi connectivity index (χ2n) is 12.9. The molecule has 3 aromatic rings. The van der Waals surface area contributed by atoms with Crippen molar-refractivity contribution in [1.82, 2.24) is 0 Å². The zero-order valence-corrected chi connectivity index (χ0v) is 27.6. The molecule has 0 spiro atoms. The molecule has 0 atom stereocenters. The number of halogens is 3. The van der Waals surface area contributed by atoms with Gasteiger partial charge in [0.2, 0.25) is 0 Å². The van der Waals surface area contributed by atoms with E-state index in [1.165, 1.54) is 111 Å². The van der Waals surface area contributed by atoms with Crippen molar-refractivity contribution < 1.29 is 26.1 Å². The summed E-state index contributed by atoms with van der Waals surface area (Å²) in [5.41, 5.74) is -0.959. The van der Waals surface area contributed by atoms with E-state index >= 15 is 0 Å². The number of alkyl halides is 3. The van der Waals surface area contributed by atoms with Crippen LogP contribution in [0.1, 0.15) is 131 Å². The summed E-state index contributed by atoms with van der Waals surface area (Å²) in [5.74, 6) is 2.32. The van der Waals surface area contributed by atoms with Crippen LogP contribution >= 0.6 is 0 Å². The maximum atomic E-state index is 10.7. The molecule has 0 amide bonds. The monoisotopic (exact) mass is 658 g/mol. The van der Waals surface area contributed by atoms with Crippen molar-refractivity contribution in [3.63, 3.8) is 0 Å². The Hall–Kier alpha value is -2.29. The molecule has 0 heterocycles. The van der Waals surface area contributed by atoms with Gasteiger partial charge in [0, 0.05) is 0 Å². The molecule has 3 nitrogen and oxygen atoms in total. The molecule has 0 saturated heterocycles. The van der Waals surface area contributed by atoms with Crippen LogP contribution in [0.5, 0.6) is 0 Å². The van der Waals surface area contributed by atoms with Gasteiger partial charge in [-0.15, -0.1) is 0 Å². The molecule has 0 aromatic heterocycles. The molecule has 3 fully saturated rings. The van der Waals surface area contributed by atoms with Crippen molar-refractivity contribution >= 4 is 21.0 Å². The minimum absolute atomic E-state index is 0.0542. The Morgan fingerprint density at radius 1 is 0.489 bits per heavy atom. The first-order chi connectivity index (χ1) is 21.6. The smallest absolute Gasteiger partial charge is 0.485 e. The summed E-state index contributed by atoms with van der Waals surface area (Å²) < 4.78 is 58.9. The molecular formula is C37H45F3O3S2. The molecule has 0 radical (unpaired) electrons. The Labute approximate surface area is 270 Å². The van der Waals surface area contributed by atoms with Crippen LogP contribution in [0.15, 0.2) is 87.5 Å². The first-order valence-corrected chi connectivity index (χ1v) is 19.3. The molecule has 3 saturated carbocycles. The van der Waals surface area contributed by atoms with Gasteiger partial charge < -0.3 is 4.55 Å². The summed E-state index contributed by atoms with van der Waals surface area (Å²) in [7, 11) is -6.14.